The Labute approximate surface area is 608 Å². The molecule has 0 saturated heterocycles. The molecule has 0 heterocycles. The number of hydrogen-bond acceptors (Lipinski definition) is 6. The normalized spacial score (nSPS) is 17.7. The van der Waals surface area contributed by atoms with Crippen molar-refractivity contribution in [3.8, 4) is 0 Å². The second kappa shape index (κ2) is 86.7. The summed E-state index contributed by atoms with van der Waals surface area (Å²) in [6, 6.07) is 0.427. The van der Waals surface area contributed by atoms with E-state index in [1.807, 2.05) is 20.8 Å². The fourth-order valence-corrected chi connectivity index (χ4v) is 7.85. The molecule has 3 aliphatic carbocycles. The molecule has 9 N–H and O–H groups in total. The van der Waals surface area contributed by atoms with Crippen molar-refractivity contribution in [1.82, 2.24) is 0 Å². The molecule has 14 nitrogen and oxygen atoms in total. The second-order valence-electron chi connectivity index (χ2n) is 25.0. The first-order valence-corrected chi connectivity index (χ1v) is 50.1. The molecule has 3 aliphatic rings. The average Bonchev–Trinajstić information content (AvgIpc) is 3.69. The van der Waals surface area contributed by atoms with Crippen LogP contribution in [0.2, 0.25) is 0 Å². The van der Waals surface area contributed by atoms with Crippen molar-refractivity contribution in [3.63, 3.8) is 0 Å². The number of aliphatic hydroxyl groups is 1. The van der Waals surface area contributed by atoms with Gasteiger partial charge in [-0.25, -0.2) is 0 Å². The zero-order valence-electron chi connectivity index (χ0n) is 58.0. The summed E-state index contributed by atoms with van der Waals surface area (Å²) < 4.78 is 0. The van der Waals surface area contributed by atoms with E-state index in [0.717, 1.165) is 70.6 Å². The van der Waals surface area contributed by atoms with E-state index in [4.69, 9.17) is 104 Å². The molecule has 3 fully saturated rings. The molecule has 0 aromatic rings. The molecule has 91 heavy (non-hydrogen) atoms. The van der Waals surface area contributed by atoms with Crippen LogP contribution in [0.4, 0.5) is 0 Å². The predicted molar refractivity (Wildman–Crippen MR) is 382 cm³/mol. The fraction of sp³-hybridized carbons (Fsp3) is 0.853. The Morgan fingerprint density at radius 2 is 0.505 bits per heavy atom. The molecule has 3 rings (SSSR count). The molecule has 6 atom stereocenters. The van der Waals surface area contributed by atoms with Crippen molar-refractivity contribution < 1.29 is 104 Å². The number of allylic oxidation sites excluding steroid dienone is 1. The first kappa shape index (κ1) is 110. The van der Waals surface area contributed by atoms with E-state index in [9.17, 15) is 24.0 Å². The summed E-state index contributed by atoms with van der Waals surface area (Å²) in [6.07, 6.45) is 43.4. The van der Waals surface area contributed by atoms with Crippen LogP contribution in [0.1, 0.15) is 326 Å². The van der Waals surface area contributed by atoms with Gasteiger partial charge in [0.1, 0.15) is 0 Å². The van der Waals surface area contributed by atoms with Crippen molar-refractivity contribution in [1.29, 1.82) is 0 Å². The van der Waals surface area contributed by atoms with Crippen LogP contribution in [0.15, 0.2) is 12.3 Å². The summed E-state index contributed by atoms with van der Waals surface area (Å²) in [5, 5.41) is 50.2. The van der Waals surface area contributed by atoms with Gasteiger partial charge in [-0.15, -0.1) is 0 Å². The topological polar surface area (TPSA) is 278 Å². The second-order valence-corrected chi connectivity index (χ2v) is 34.8. The Hall–Kier alpha value is 0.575. The van der Waals surface area contributed by atoms with Gasteiger partial charge in [0.15, 0.2) is 0 Å². The molecule has 3 saturated carbocycles. The zero-order chi connectivity index (χ0) is 72.3. The number of rotatable bonds is 28. The summed E-state index contributed by atoms with van der Waals surface area (Å²) in [4.78, 5) is 50.4. The third-order valence-corrected chi connectivity index (χ3v) is 14.2. The number of carboxylic acids is 5. The molecule has 23 heteroatoms. The third-order valence-electron chi connectivity index (χ3n) is 14.2. The number of aliphatic carboxylic acids is 5. The van der Waals surface area contributed by atoms with Gasteiger partial charge >= 0.3 is 136 Å². The van der Waals surface area contributed by atoms with E-state index >= 15 is 0 Å². The van der Waals surface area contributed by atoms with E-state index in [2.05, 4.69) is 55.0 Å². The number of halogens is 6. The molecule has 0 spiro atoms. The Balaban J connectivity index is -0.000000117. The standard InChI is InChI=1S/2C10H20O2.2C8H16O2.3C7H13N.C6H12O.C5H10O2.6ClH.3Pt/c2*1-2-3-4-5-6-7-8-9-10(11)12;2*1-2-3-4-5-6-7-8(9)10;3*1-6-4-2-3-5-7(6)8;1-5(7)6(2,3)4;1-5(2,3)4(6)7;;;;;;;;;/h2*2-9H2,1H3,(H,11,12);2*2-7H2,1H3,(H,9,10);3*6-8H,1-5H2;7H,1H2,2-4H3;1-3H3,(H,6,7);6*1H;;;/q;;;;3*-2;;;;;;;;;3*+4/p-6/t;;;;3*6-,7-;;;;;;;;;;;/m....111.........../s1. The maximum atomic E-state index is 10.1. The zero-order valence-corrected chi connectivity index (χ0v) is 69.4. The van der Waals surface area contributed by atoms with Crippen LogP contribution >= 0.6 is 56.5 Å². The Bertz CT molecular complexity index is 1390. The van der Waals surface area contributed by atoms with Gasteiger partial charge in [0, 0.05) is 31.1 Å². The Kier molecular flexibility index (Phi) is 105. The monoisotopic (exact) mass is 1960 g/mol. The van der Waals surface area contributed by atoms with Gasteiger partial charge in [0.25, 0.3) is 0 Å². The minimum atomic E-state index is -0.757. The van der Waals surface area contributed by atoms with Crippen LogP contribution in [-0.4, -0.2) is 78.6 Å². The van der Waals surface area contributed by atoms with Gasteiger partial charge < -0.3 is 68.6 Å². The molecule has 0 aromatic carbocycles. The van der Waals surface area contributed by atoms with Gasteiger partial charge in [0.2, 0.25) is 0 Å². The maximum absolute atomic E-state index is 10.1. The van der Waals surface area contributed by atoms with Gasteiger partial charge in [-0.3, -0.25) is 24.0 Å². The number of hydrogen-bond donors (Lipinski definition) is 6. The molecule has 0 unspecified atom stereocenters. The van der Waals surface area contributed by atoms with Crippen LogP contribution in [0.25, 0.3) is 17.2 Å². The van der Waals surface area contributed by atoms with Crippen molar-refractivity contribution in [2.24, 2.45) is 28.6 Å². The Morgan fingerprint density at radius 3 is 0.604 bits per heavy atom. The molecule has 0 bridgehead atoms. The van der Waals surface area contributed by atoms with Crippen LogP contribution in [0.3, 0.4) is 0 Å². The third kappa shape index (κ3) is 118. The number of carboxylic acid groups (broad SMARTS) is 5. The summed E-state index contributed by atoms with van der Waals surface area (Å²) >= 11 is -1.42. The van der Waals surface area contributed by atoms with Crippen LogP contribution in [-0.2, 0) is 73.4 Å². The summed E-state index contributed by atoms with van der Waals surface area (Å²) in [7, 11) is 29.2. The van der Waals surface area contributed by atoms with Crippen molar-refractivity contribution in [2.45, 2.75) is 344 Å². The molecule has 0 radical (unpaired) electrons. The number of unbranched alkanes of at least 4 members (excludes halogenated alkanes) is 20. The van der Waals surface area contributed by atoms with Gasteiger partial charge in [-0.2, -0.15) is 35.9 Å². The SMILES string of the molecule is C=C(O)C(C)(C)C.CC(C)(C)C(=O)O.CCCCCCCC(=O)O.CCCCCCCC(=O)O.CCCCCCCCCC(=O)O.CCCCCCCCCC(=O)O.[CH2-][C@@H]1CCCC[C@H]1[NH-].[CH2-][C@@H]1CCCC[C@H]1[NH-].[CH2-][C@@H]1CCCC[C@H]1[NH-].[Cl][Pt+2][Cl].[Cl][Pt+2][Cl].[Cl][Pt+2][Cl]. The van der Waals surface area contributed by atoms with Crippen LogP contribution in [0.5, 0.6) is 0 Å². The number of carbonyl (C=O) groups is 5. The summed E-state index contributed by atoms with van der Waals surface area (Å²) in [5.74, 6) is -1.92. The van der Waals surface area contributed by atoms with Crippen LogP contribution < -0.4 is 0 Å². The van der Waals surface area contributed by atoms with E-state index in [1.165, 1.54) is 161 Å². The number of aliphatic hydroxyl groups excluding tert-OH is 1. The Morgan fingerprint density at radius 1 is 0.363 bits per heavy atom. The van der Waals surface area contributed by atoms with Crippen molar-refractivity contribution >= 4 is 86.4 Å². The van der Waals surface area contributed by atoms with Crippen molar-refractivity contribution in [2.75, 3.05) is 0 Å². The summed E-state index contributed by atoms with van der Waals surface area (Å²) in [5.41, 5.74) is 21.5. The van der Waals surface area contributed by atoms with E-state index in [1.54, 1.807) is 20.8 Å². The predicted octanol–water partition coefficient (Wildman–Crippen LogP) is 25.9. The van der Waals surface area contributed by atoms with Crippen molar-refractivity contribution in [3.05, 3.63) is 50.3 Å². The number of nitrogens with one attached hydrogen (secondary N) is 3. The van der Waals surface area contributed by atoms with Gasteiger partial charge in [-0.05, 0) is 46.5 Å². The van der Waals surface area contributed by atoms with E-state index in [0.29, 0.717) is 43.4 Å². The van der Waals surface area contributed by atoms with Gasteiger partial charge in [0.05, 0.1) is 11.2 Å². The van der Waals surface area contributed by atoms with Crippen LogP contribution in [0, 0.1) is 49.4 Å². The molecule has 0 aromatic heterocycles. The van der Waals surface area contributed by atoms with E-state index < -0.39 is 84.7 Å². The minimum absolute atomic E-state index is 0.139. The van der Waals surface area contributed by atoms with Gasteiger partial charge in [-0.1, -0.05) is 261 Å². The molecule has 0 amide bonds. The molecule has 0 aliphatic heterocycles. The summed E-state index contributed by atoms with van der Waals surface area (Å²) in [6.45, 7) is 34.5. The quantitative estimate of drug-likeness (QED) is 0.0243. The fourth-order valence-electron chi connectivity index (χ4n) is 7.85. The molecular weight excluding hydrogens is 1830 g/mol. The first-order chi connectivity index (χ1) is 42.6. The molecule has 558 valence electrons. The van der Waals surface area contributed by atoms with E-state index in [-0.39, 0.29) is 29.3 Å². The average molecular weight is 1970 g/mol. The molecular formula is C68H133Cl6N3O11Pt3. The first-order valence-electron chi connectivity index (χ1n) is 33.2.